The van der Waals surface area contributed by atoms with Gasteiger partial charge in [-0.25, -0.2) is 22.5 Å². The van der Waals surface area contributed by atoms with E-state index in [0.717, 1.165) is 0 Å². The summed E-state index contributed by atoms with van der Waals surface area (Å²) in [5.74, 6) is -0.412. The summed E-state index contributed by atoms with van der Waals surface area (Å²) < 4.78 is 51.0. The number of alkyl halides is 1. The van der Waals surface area contributed by atoms with E-state index in [9.17, 15) is 13.4 Å². The number of nitrogens with zero attached hydrogens (tertiary/aromatic N) is 1. The largest absolute Gasteiger partial charge is 0.444 e. The fourth-order valence-electron chi connectivity index (χ4n) is 4.16. The van der Waals surface area contributed by atoms with Gasteiger partial charge in [-0.05, 0) is 69.7 Å². The van der Waals surface area contributed by atoms with Crippen LogP contribution in [0.5, 0.6) is 0 Å². The molecule has 1 amide bonds. The van der Waals surface area contributed by atoms with Gasteiger partial charge in [0, 0.05) is 23.2 Å². The first kappa shape index (κ1) is 25.1. The summed E-state index contributed by atoms with van der Waals surface area (Å²) in [4.78, 5) is 14.5. The zero-order chi connectivity index (χ0) is 24.7. The first-order valence-electron chi connectivity index (χ1n) is 11.4. The third-order valence-corrected chi connectivity index (χ3v) is 7.88. The van der Waals surface area contributed by atoms with Crippen LogP contribution in [0.15, 0.2) is 42.5 Å². The predicted octanol–water partition coefficient (Wildman–Crippen LogP) is 5.78. The highest BCUT2D eigenvalue weighted by Crippen LogP contribution is 2.43. The average Bonchev–Trinajstić information content (AvgIpc) is 3.39. The van der Waals surface area contributed by atoms with E-state index >= 15 is 4.39 Å². The minimum atomic E-state index is -1.89. The molecule has 2 aliphatic rings. The topological polar surface area (TPSA) is 58.6 Å². The molecule has 5 nitrogen and oxygen atoms in total. The van der Waals surface area contributed by atoms with E-state index in [1.807, 2.05) is 0 Å². The molecule has 0 spiro atoms. The van der Waals surface area contributed by atoms with Gasteiger partial charge in [-0.3, -0.25) is 0 Å². The normalized spacial score (nSPS) is 22.5. The molecule has 1 unspecified atom stereocenters. The lowest BCUT2D eigenvalue weighted by Gasteiger charge is -2.31. The number of carbonyl (C=O) groups is 1. The van der Waals surface area contributed by atoms with Crippen molar-refractivity contribution in [1.82, 2.24) is 9.62 Å². The first-order valence-corrected chi connectivity index (χ1v) is 12.9. The zero-order valence-electron chi connectivity index (χ0n) is 19.4. The maximum absolute atomic E-state index is 15.6. The Balaban J connectivity index is 1.62. The molecule has 2 fully saturated rings. The Hall–Kier alpha value is -2.03. The van der Waals surface area contributed by atoms with Crippen molar-refractivity contribution in [2.24, 2.45) is 0 Å². The molecule has 1 saturated heterocycles. The summed E-state index contributed by atoms with van der Waals surface area (Å²) in [6, 6.07) is 11.0. The van der Waals surface area contributed by atoms with Crippen LogP contribution in [0.2, 0.25) is 5.02 Å². The van der Waals surface area contributed by atoms with E-state index in [1.165, 1.54) is 4.90 Å². The molecule has 0 bridgehead atoms. The van der Waals surface area contributed by atoms with E-state index in [4.69, 9.17) is 16.3 Å². The van der Waals surface area contributed by atoms with Crippen LogP contribution < -0.4 is 4.72 Å². The number of halogens is 3. The minimum Gasteiger partial charge on any atom is -0.444 e. The summed E-state index contributed by atoms with van der Waals surface area (Å²) in [7, 11) is -1.89. The van der Waals surface area contributed by atoms with Crippen LogP contribution in [-0.2, 0) is 22.1 Å². The lowest BCUT2D eigenvalue weighted by atomic mass is 9.96. The molecule has 0 aromatic heterocycles. The maximum Gasteiger partial charge on any atom is 0.410 e. The molecule has 4 rings (SSSR count). The second-order valence-corrected chi connectivity index (χ2v) is 11.8. The molecule has 184 valence electrons. The third kappa shape index (κ3) is 5.61. The van der Waals surface area contributed by atoms with Crippen LogP contribution in [0.3, 0.4) is 0 Å². The maximum atomic E-state index is 15.6. The fraction of sp³-hybridized carbons (Fsp3) is 0.480. The van der Waals surface area contributed by atoms with Crippen molar-refractivity contribution in [1.29, 1.82) is 0 Å². The van der Waals surface area contributed by atoms with E-state index in [2.05, 4.69) is 4.72 Å². The van der Waals surface area contributed by atoms with Gasteiger partial charge in [0.25, 0.3) is 0 Å². The highest BCUT2D eigenvalue weighted by atomic mass is 35.5. The average molecular weight is 511 g/mol. The number of benzene rings is 2. The molecular formula is C25H29ClF2N2O3S. The molecule has 9 heteroatoms. The number of hydrogen-bond acceptors (Lipinski definition) is 3. The first-order chi connectivity index (χ1) is 16.0. The van der Waals surface area contributed by atoms with Crippen molar-refractivity contribution in [2.75, 3.05) is 6.54 Å². The van der Waals surface area contributed by atoms with Crippen LogP contribution in [-0.4, -0.2) is 44.4 Å². The number of likely N-dealkylation sites (tertiary alicyclic amines) is 1. The van der Waals surface area contributed by atoms with E-state index < -0.39 is 45.6 Å². The van der Waals surface area contributed by atoms with Crippen molar-refractivity contribution < 1.29 is 22.5 Å². The summed E-state index contributed by atoms with van der Waals surface area (Å²) in [6.07, 6.45) is 0.585. The highest BCUT2D eigenvalue weighted by Gasteiger charge is 2.51. The summed E-state index contributed by atoms with van der Waals surface area (Å²) in [5.41, 5.74) is 0.740. The van der Waals surface area contributed by atoms with Gasteiger partial charge in [0.2, 0.25) is 0 Å². The van der Waals surface area contributed by atoms with E-state index in [0.29, 0.717) is 34.7 Å². The van der Waals surface area contributed by atoms with Crippen molar-refractivity contribution in [3.05, 3.63) is 58.9 Å². The molecule has 34 heavy (non-hydrogen) atoms. The third-order valence-electron chi connectivity index (χ3n) is 6.05. The molecule has 1 aliphatic heterocycles. The van der Waals surface area contributed by atoms with Gasteiger partial charge >= 0.3 is 6.09 Å². The number of rotatable bonds is 6. The lowest BCUT2D eigenvalue weighted by molar-refractivity contribution is 0.0218. The molecule has 1 aliphatic carbocycles. The highest BCUT2D eigenvalue weighted by molar-refractivity contribution is 7.84. The Bertz CT molecular complexity index is 1100. The molecule has 0 radical (unpaired) electrons. The van der Waals surface area contributed by atoms with Crippen LogP contribution in [0.4, 0.5) is 13.6 Å². The van der Waals surface area contributed by atoms with Gasteiger partial charge in [0.15, 0.2) is 5.00 Å². The number of nitrogens with one attached hydrogen (secondary N) is 1. The summed E-state index contributed by atoms with van der Waals surface area (Å²) >= 11 is 6.09. The Morgan fingerprint density at radius 3 is 2.62 bits per heavy atom. The second kappa shape index (κ2) is 9.55. The molecule has 1 N–H and O–H groups in total. The quantitative estimate of drug-likeness (QED) is 0.536. The molecular weight excluding hydrogens is 482 g/mol. The van der Waals surface area contributed by atoms with Gasteiger partial charge < -0.3 is 9.64 Å². The lowest BCUT2D eigenvalue weighted by Crippen LogP contribution is -2.49. The second-order valence-electron chi connectivity index (χ2n) is 9.90. The van der Waals surface area contributed by atoms with Crippen molar-refractivity contribution >= 4 is 28.7 Å². The van der Waals surface area contributed by atoms with Crippen molar-refractivity contribution in [3.8, 4) is 11.1 Å². The number of hydrogen-bond donors (Lipinski definition) is 1. The van der Waals surface area contributed by atoms with Crippen molar-refractivity contribution in [3.63, 3.8) is 0 Å². The summed E-state index contributed by atoms with van der Waals surface area (Å²) in [6.45, 7) is 5.65. The Morgan fingerprint density at radius 2 is 1.97 bits per heavy atom. The SMILES string of the molecule is CC(C)(C)OC(=O)N1CC[C@H](NS(=O)C2(F)CC2)[C@@H]1Cc1cccc(-c2cccc(Cl)c2)c1F. The molecule has 3 atom stereocenters. The standard InChI is InChI=1S/C25H29ClF2N2O3S/c1-24(2,3)33-23(31)30-13-10-20(29-34(32)25(28)11-12-25)21(30)15-17-7-5-9-19(22(17)27)16-6-4-8-18(26)14-16/h4-9,14,20-21,29H,10-13,15H2,1-3H3/t20-,21-,34?/m0/s1. The van der Waals surface area contributed by atoms with E-state index in [-0.39, 0.29) is 19.3 Å². The Kier molecular flexibility index (Phi) is 7.04. The smallest absolute Gasteiger partial charge is 0.410 e. The van der Waals surface area contributed by atoms with Crippen LogP contribution in [0.25, 0.3) is 11.1 Å². The molecule has 1 heterocycles. The Labute approximate surface area is 206 Å². The molecule has 2 aromatic rings. The fourth-order valence-corrected chi connectivity index (χ4v) is 5.58. The van der Waals surface area contributed by atoms with Crippen LogP contribution >= 0.6 is 11.6 Å². The zero-order valence-corrected chi connectivity index (χ0v) is 21.0. The van der Waals surface area contributed by atoms with Gasteiger partial charge in [-0.2, -0.15) is 0 Å². The van der Waals surface area contributed by atoms with Crippen LogP contribution in [0.1, 0.15) is 45.6 Å². The number of ether oxygens (including phenoxy) is 1. The summed E-state index contributed by atoms with van der Waals surface area (Å²) in [5, 5.41) is -1.22. The van der Waals surface area contributed by atoms with Gasteiger partial charge in [0.05, 0.1) is 6.04 Å². The number of amides is 1. The minimum absolute atomic E-state index is 0.160. The molecule has 1 saturated carbocycles. The van der Waals surface area contributed by atoms with Gasteiger partial charge in [-0.15, -0.1) is 0 Å². The number of carbonyl (C=O) groups excluding carboxylic acids is 1. The van der Waals surface area contributed by atoms with Crippen LogP contribution in [0, 0.1) is 5.82 Å². The van der Waals surface area contributed by atoms with Gasteiger partial charge in [0.1, 0.15) is 22.4 Å². The Morgan fingerprint density at radius 1 is 1.26 bits per heavy atom. The monoisotopic (exact) mass is 510 g/mol. The predicted molar refractivity (Wildman–Crippen MR) is 130 cm³/mol. The van der Waals surface area contributed by atoms with E-state index in [1.54, 1.807) is 63.2 Å². The molecule has 2 aromatic carbocycles. The van der Waals surface area contributed by atoms with Crippen molar-refractivity contribution in [2.45, 2.75) is 69.1 Å². The van der Waals surface area contributed by atoms with Gasteiger partial charge in [-0.1, -0.05) is 41.9 Å².